The number of nitriles is 1. The number of fused-ring (bicyclic) bond motifs is 4. The second-order valence-corrected chi connectivity index (χ2v) is 7.23. The van der Waals surface area contributed by atoms with Crippen LogP contribution in [0.1, 0.15) is 30.0 Å². The Morgan fingerprint density at radius 2 is 2.07 bits per heavy atom. The molecule has 2 unspecified atom stereocenters. The van der Waals surface area contributed by atoms with Crippen molar-refractivity contribution in [3.63, 3.8) is 0 Å². The Hall–Kier alpha value is -2.43. The second kappa shape index (κ2) is 6.95. The van der Waals surface area contributed by atoms with E-state index >= 15 is 0 Å². The van der Waals surface area contributed by atoms with Gasteiger partial charge in [0.1, 0.15) is 5.69 Å². The number of hydrogen-bond acceptors (Lipinski definition) is 3. The molecule has 2 bridgehead atoms. The van der Waals surface area contributed by atoms with E-state index in [0.29, 0.717) is 12.0 Å². The minimum atomic E-state index is -0.651. The van der Waals surface area contributed by atoms with Crippen LogP contribution in [-0.4, -0.2) is 21.9 Å². The van der Waals surface area contributed by atoms with Gasteiger partial charge in [-0.2, -0.15) is 9.65 Å². The van der Waals surface area contributed by atoms with Gasteiger partial charge in [-0.15, -0.1) is 0 Å². The minimum Gasteiger partial charge on any atom is -0.331 e. The van der Waals surface area contributed by atoms with Crippen molar-refractivity contribution in [3.8, 4) is 6.19 Å². The van der Waals surface area contributed by atoms with Crippen LogP contribution in [0.3, 0.4) is 0 Å². The molecule has 0 amide bonds. The van der Waals surface area contributed by atoms with Crippen LogP contribution in [0.25, 0.3) is 0 Å². The molecule has 1 aromatic carbocycles. The fourth-order valence-electron chi connectivity index (χ4n) is 3.85. The van der Waals surface area contributed by atoms with E-state index in [9.17, 15) is 8.78 Å². The normalized spacial score (nSPS) is 21.0. The van der Waals surface area contributed by atoms with Crippen molar-refractivity contribution in [2.45, 2.75) is 31.3 Å². The fraction of sp³-hybridized carbons (Fsp3) is 0.278. The van der Waals surface area contributed by atoms with E-state index in [2.05, 4.69) is 15.3 Å². The van der Waals surface area contributed by atoms with Crippen molar-refractivity contribution in [1.29, 1.82) is 5.26 Å². The van der Waals surface area contributed by atoms with Gasteiger partial charge in [0, 0.05) is 17.8 Å². The third-order valence-electron chi connectivity index (χ3n) is 4.97. The summed E-state index contributed by atoms with van der Waals surface area (Å²) in [6.07, 6.45) is 5.29. The van der Waals surface area contributed by atoms with E-state index in [-0.39, 0.29) is 33.8 Å². The zero-order valence-electron chi connectivity index (χ0n) is 13.9. The van der Waals surface area contributed by atoms with Crippen molar-refractivity contribution in [2.75, 3.05) is 0 Å². The van der Waals surface area contributed by atoms with Crippen molar-refractivity contribution in [2.24, 2.45) is 4.99 Å². The van der Waals surface area contributed by atoms with Gasteiger partial charge in [0.15, 0.2) is 12.0 Å². The highest BCUT2D eigenvalue weighted by atomic mass is 35.5. The van der Waals surface area contributed by atoms with E-state index in [1.807, 2.05) is 11.1 Å². The zero-order valence-corrected chi connectivity index (χ0v) is 15.4. The number of nitrogens with zero attached hydrogens (tertiary/aromatic N) is 4. The minimum absolute atomic E-state index is 0.0340. The fourth-order valence-corrected chi connectivity index (χ4v) is 4.16. The number of hydrogen-bond donors (Lipinski definition) is 1. The van der Waals surface area contributed by atoms with Crippen LogP contribution in [0.4, 0.5) is 14.5 Å². The number of benzene rings is 1. The molecule has 138 valence electrons. The third-order valence-corrected chi connectivity index (χ3v) is 5.69. The van der Waals surface area contributed by atoms with Gasteiger partial charge in [-0.3, -0.25) is 5.32 Å². The van der Waals surface area contributed by atoms with E-state index in [4.69, 9.17) is 28.5 Å². The van der Waals surface area contributed by atoms with Gasteiger partial charge in [0.2, 0.25) is 11.9 Å². The van der Waals surface area contributed by atoms with Gasteiger partial charge >= 0.3 is 0 Å². The van der Waals surface area contributed by atoms with E-state index in [1.165, 1.54) is 12.3 Å². The predicted octanol–water partition coefficient (Wildman–Crippen LogP) is 4.49. The lowest BCUT2D eigenvalue weighted by Crippen LogP contribution is -2.47. The number of rotatable bonds is 1. The van der Waals surface area contributed by atoms with Crippen LogP contribution in [0.15, 0.2) is 29.4 Å². The molecule has 2 atom stereocenters. The summed E-state index contributed by atoms with van der Waals surface area (Å²) in [6, 6.07) is 3.94. The molecule has 0 aliphatic carbocycles. The number of aromatic nitrogens is 1. The summed E-state index contributed by atoms with van der Waals surface area (Å²) in [4.78, 5) is 9.93. The SMILES string of the molecule is N#CNC(=Nc1cc(Cl)c(Cl)cc1F)N1C2CCC1c1ccnc(F)c1C2. The molecule has 2 aliphatic rings. The lowest BCUT2D eigenvalue weighted by Gasteiger charge is -2.37. The first kappa shape index (κ1) is 18.0. The Balaban J connectivity index is 1.78. The van der Waals surface area contributed by atoms with Crippen LogP contribution < -0.4 is 5.32 Å². The van der Waals surface area contributed by atoms with Gasteiger partial charge in [0.05, 0.1) is 16.1 Å². The van der Waals surface area contributed by atoms with Gasteiger partial charge < -0.3 is 4.90 Å². The second-order valence-electron chi connectivity index (χ2n) is 6.42. The first-order chi connectivity index (χ1) is 13.0. The summed E-state index contributed by atoms with van der Waals surface area (Å²) in [5.41, 5.74) is 1.38. The largest absolute Gasteiger partial charge is 0.331 e. The lowest BCUT2D eigenvalue weighted by atomic mass is 9.95. The molecule has 1 N–H and O–H groups in total. The highest BCUT2D eigenvalue weighted by Gasteiger charge is 2.43. The molecule has 2 aliphatic heterocycles. The molecule has 5 nitrogen and oxygen atoms in total. The van der Waals surface area contributed by atoms with Crippen LogP contribution >= 0.6 is 23.2 Å². The average molecular weight is 408 g/mol. The van der Waals surface area contributed by atoms with Gasteiger partial charge in [-0.05, 0) is 43.0 Å². The third kappa shape index (κ3) is 3.09. The molecule has 0 saturated carbocycles. The molecule has 0 spiro atoms. The number of nitrogens with one attached hydrogen (secondary N) is 1. The van der Waals surface area contributed by atoms with E-state index < -0.39 is 11.8 Å². The molecule has 1 saturated heterocycles. The first-order valence-electron chi connectivity index (χ1n) is 8.29. The molecule has 1 fully saturated rings. The van der Waals surface area contributed by atoms with Gasteiger partial charge in [-0.25, -0.2) is 14.4 Å². The number of halogens is 4. The maximum absolute atomic E-state index is 14.3. The summed E-state index contributed by atoms with van der Waals surface area (Å²) in [6.45, 7) is 0. The van der Waals surface area contributed by atoms with E-state index in [0.717, 1.165) is 24.5 Å². The number of pyridine rings is 1. The van der Waals surface area contributed by atoms with Gasteiger partial charge in [0.25, 0.3) is 0 Å². The molecule has 2 aromatic rings. The first-order valence-corrected chi connectivity index (χ1v) is 9.05. The monoisotopic (exact) mass is 407 g/mol. The predicted molar refractivity (Wildman–Crippen MR) is 97.8 cm³/mol. The quantitative estimate of drug-likeness (QED) is 0.189. The molecular weight excluding hydrogens is 395 g/mol. The molecule has 9 heteroatoms. The van der Waals surface area contributed by atoms with Crippen molar-refractivity contribution >= 4 is 34.8 Å². The highest BCUT2D eigenvalue weighted by Crippen LogP contribution is 2.44. The molecule has 1 aromatic heterocycles. The van der Waals surface area contributed by atoms with Crippen LogP contribution in [0.5, 0.6) is 0 Å². The summed E-state index contributed by atoms with van der Waals surface area (Å²) >= 11 is 11.8. The molecular formula is C18H13Cl2F2N5. The van der Waals surface area contributed by atoms with Crippen molar-refractivity contribution < 1.29 is 8.78 Å². The summed E-state index contributed by atoms with van der Waals surface area (Å²) in [5, 5.41) is 11.9. The molecule has 27 heavy (non-hydrogen) atoms. The Labute approximate surface area is 164 Å². The highest BCUT2D eigenvalue weighted by molar-refractivity contribution is 6.42. The summed E-state index contributed by atoms with van der Waals surface area (Å²) in [7, 11) is 0. The Morgan fingerprint density at radius 1 is 1.30 bits per heavy atom. The Kier molecular flexibility index (Phi) is 4.62. The van der Waals surface area contributed by atoms with Crippen LogP contribution in [-0.2, 0) is 6.42 Å². The number of guanidine groups is 1. The lowest BCUT2D eigenvalue weighted by molar-refractivity contribution is 0.282. The Bertz CT molecular complexity index is 988. The standard InChI is InChI=1S/C18H13Cl2F2N5/c19-12-6-14(21)15(7-13(12)20)26-18(25-8-23)27-9-1-2-16(27)10-3-4-24-17(22)11(10)5-9/h3-4,6-7,9,16H,1-2,5H2,(H,25,26). The average Bonchev–Trinajstić information content (AvgIpc) is 2.94. The molecule has 3 heterocycles. The van der Waals surface area contributed by atoms with Crippen LogP contribution in [0.2, 0.25) is 10.0 Å². The maximum Gasteiger partial charge on any atom is 0.216 e. The summed E-state index contributed by atoms with van der Waals surface area (Å²) in [5.74, 6) is -0.918. The molecule has 4 rings (SSSR count). The maximum atomic E-state index is 14.3. The number of aliphatic imine (C=N–C) groups is 1. The topological polar surface area (TPSA) is 64.3 Å². The zero-order chi connectivity index (χ0) is 19.1. The van der Waals surface area contributed by atoms with Crippen molar-refractivity contribution in [3.05, 3.63) is 57.3 Å². The van der Waals surface area contributed by atoms with E-state index in [1.54, 1.807) is 6.07 Å². The van der Waals surface area contributed by atoms with Gasteiger partial charge in [-0.1, -0.05) is 23.2 Å². The summed E-state index contributed by atoms with van der Waals surface area (Å²) < 4.78 is 28.4. The van der Waals surface area contributed by atoms with Crippen LogP contribution in [0, 0.1) is 23.2 Å². The Morgan fingerprint density at radius 3 is 2.85 bits per heavy atom. The molecule has 0 radical (unpaired) electrons. The smallest absolute Gasteiger partial charge is 0.216 e. The van der Waals surface area contributed by atoms with Crippen molar-refractivity contribution in [1.82, 2.24) is 15.2 Å².